The lowest BCUT2D eigenvalue weighted by Gasteiger charge is -2.48. The van der Waals surface area contributed by atoms with Crippen LogP contribution in [0.2, 0.25) is 0 Å². The highest BCUT2D eigenvalue weighted by atomic mass is 16.8. The smallest absolute Gasteiger partial charge is 0.303 e. The zero-order chi connectivity index (χ0) is 39.7. The molecule has 2 rings (SSSR count). The standard InChI is InChI=1S/C32H49NO20/c1-16(34)44-14-23-25(46-18(3)36)27(47-19(4)37)30(50-22(7)40)32(52-23)53-26-24(15-45-17(2)35)51-31(43-13-12-42-11-10-41-9-8-33)29(49-21(6)39)28(26)48-20(5)38/h23-32H,8-15,33H2,1-7H3/t23-,24-,25+,26-,27+,28+,29-,30-,31-,32+/m1/s1. The van der Waals surface area contributed by atoms with E-state index >= 15 is 0 Å². The van der Waals surface area contributed by atoms with E-state index in [1.54, 1.807) is 0 Å². The minimum absolute atomic E-state index is 0.0240. The molecule has 0 amide bonds. The van der Waals surface area contributed by atoms with Crippen LogP contribution < -0.4 is 5.73 Å². The van der Waals surface area contributed by atoms with Crippen LogP contribution in [0.5, 0.6) is 0 Å². The first-order valence-electron chi connectivity index (χ1n) is 16.6. The quantitative estimate of drug-likeness (QED) is 0.0849. The van der Waals surface area contributed by atoms with Crippen molar-refractivity contribution in [2.24, 2.45) is 5.73 Å². The summed E-state index contributed by atoms with van der Waals surface area (Å²) in [5, 5.41) is 0. The summed E-state index contributed by atoms with van der Waals surface area (Å²) >= 11 is 0. The van der Waals surface area contributed by atoms with E-state index in [4.69, 9.17) is 67.3 Å². The summed E-state index contributed by atoms with van der Waals surface area (Å²) in [4.78, 5) is 85.4. The Morgan fingerprint density at radius 1 is 0.453 bits per heavy atom. The molecule has 2 aliphatic heterocycles. The molecule has 53 heavy (non-hydrogen) atoms. The minimum Gasteiger partial charge on any atom is -0.463 e. The van der Waals surface area contributed by atoms with Crippen LogP contribution in [0.4, 0.5) is 0 Å². The Bertz CT molecular complexity index is 1250. The maximum atomic E-state index is 12.5. The van der Waals surface area contributed by atoms with Crippen LogP contribution in [0.15, 0.2) is 0 Å². The van der Waals surface area contributed by atoms with Gasteiger partial charge in [-0.15, -0.1) is 0 Å². The molecule has 2 N–H and O–H groups in total. The van der Waals surface area contributed by atoms with Crippen molar-refractivity contribution < 1.29 is 95.1 Å². The molecule has 2 fully saturated rings. The second kappa shape index (κ2) is 22.9. The van der Waals surface area contributed by atoms with Gasteiger partial charge in [0.2, 0.25) is 0 Å². The summed E-state index contributed by atoms with van der Waals surface area (Å²) in [6.45, 7) is 7.41. The van der Waals surface area contributed by atoms with Crippen molar-refractivity contribution in [3.8, 4) is 0 Å². The van der Waals surface area contributed by atoms with E-state index in [0.29, 0.717) is 13.2 Å². The van der Waals surface area contributed by atoms with Gasteiger partial charge in [0, 0.05) is 55.0 Å². The highest BCUT2D eigenvalue weighted by molar-refractivity contribution is 5.69. The van der Waals surface area contributed by atoms with Crippen molar-refractivity contribution in [2.45, 2.75) is 110 Å². The summed E-state index contributed by atoms with van der Waals surface area (Å²) in [5.74, 6) is -5.90. The molecule has 21 heteroatoms. The van der Waals surface area contributed by atoms with Gasteiger partial charge in [0.25, 0.3) is 0 Å². The third kappa shape index (κ3) is 15.9. The van der Waals surface area contributed by atoms with E-state index in [0.717, 1.165) is 48.5 Å². The fourth-order valence-corrected chi connectivity index (χ4v) is 5.23. The fraction of sp³-hybridized carbons (Fsp3) is 0.781. The van der Waals surface area contributed by atoms with Gasteiger partial charge in [-0.3, -0.25) is 33.6 Å². The van der Waals surface area contributed by atoms with Gasteiger partial charge in [0.05, 0.1) is 33.0 Å². The first-order valence-corrected chi connectivity index (χ1v) is 16.6. The minimum atomic E-state index is -1.80. The average molecular weight is 768 g/mol. The molecule has 0 unspecified atom stereocenters. The molecule has 0 spiro atoms. The van der Waals surface area contributed by atoms with Crippen LogP contribution in [-0.2, 0) is 95.1 Å². The third-order valence-corrected chi connectivity index (χ3v) is 7.03. The SMILES string of the molecule is CC(=O)OC[C@H]1O[C@@H](O[C@H]2[C@H](OC(C)=O)[C@@H](OC(C)=O)[C@H](OCCOCCOCCN)O[C@@H]2COC(C)=O)[C@H](OC(C)=O)[C@@H](OC(C)=O)[C@H]1OC(C)=O. The zero-order valence-corrected chi connectivity index (χ0v) is 30.7. The lowest BCUT2D eigenvalue weighted by Crippen LogP contribution is -2.67. The maximum Gasteiger partial charge on any atom is 0.303 e. The number of carbonyl (C=O) groups is 7. The molecular weight excluding hydrogens is 718 g/mol. The molecule has 2 saturated heterocycles. The van der Waals surface area contributed by atoms with Gasteiger partial charge in [0.1, 0.15) is 31.5 Å². The Morgan fingerprint density at radius 3 is 1.30 bits per heavy atom. The molecule has 10 atom stereocenters. The Hall–Kier alpha value is -3.99. The normalized spacial score (nSPS) is 28.2. The van der Waals surface area contributed by atoms with Crippen LogP contribution >= 0.6 is 0 Å². The van der Waals surface area contributed by atoms with Gasteiger partial charge < -0.3 is 67.3 Å². The highest BCUT2D eigenvalue weighted by Crippen LogP contribution is 2.35. The third-order valence-electron chi connectivity index (χ3n) is 7.03. The molecule has 0 aromatic carbocycles. The van der Waals surface area contributed by atoms with Crippen molar-refractivity contribution in [3.63, 3.8) is 0 Å². The zero-order valence-electron chi connectivity index (χ0n) is 30.7. The number of carbonyl (C=O) groups excluding carboxylic acids is 7. The van der Waals surface area contributed by atoms with Crippen LogP contribution in [0.3, 0.4) is 0 Å². The number of hydrogen-bond donors (Lipinski definition) is 1. The summed E-state index contributed by atoms with van der Waals surface area (Å²) < 4.78 is 72.8. The Labute approximate surface area is 305 Å². The molecule has 21 nitrogen and oxygen atoms in total. The maximum absolute atomic E-state index is 12.5. The van der Waals surface area contributed by atoms with Gasteiger partial charge in [-0.2, -0.15) is 0 Å². The second-order valence-electron chi connectivity index (χ2n) is 11.5. The molecule has 0 saturated carbocycles. The monoisotopic (exact) mass is 767 g/mol. The summed E-state index contributed by atoms with van der Waals surface area (Å²) in [5.41, 5.74) is 5.39. The van der Waals surface area contributed by atoms with Crippen LogP contribution in [-0.4, -0.2) is 156 Å². The van der Waals surface area contributed by atoms with Crippen LogP contribution in [0, 0.1) is 0 Å². The van der Waals surface area contributed by atoms with Crippen LogP contribution in [0.1, 0.15) is 48.5 Å². The van der Waals surface area contributed by atoms with E-state index in [2.05, 4.69) is 0 Å². The average Bonchev–Trinajstić information content (AvgIpc) is 3.04. The van der Waals surface area contributed by atoms with Crippen molar-refractivity contribution >= 4 is 41.8 Å². The topological polar surface area (TPSA) is 265 Å². The summed E-state index contributed by atoms with van der Waals surface area (Å²) in [7, 11) is 0. The second-order valence-corrected chi connectivity index (χ2v) is 11.5. The van der Waals surface area contributed by atoms with Crippen molar-refractivity contribution in [2.75, 3.05) is 52.8 Å². The summed E-state index contributed by atoms with van der Waals surface area (Å²) in [6, 6.07) is 0. The predicted molar refractivity (Wildman–Crippen MR) is 170 cm³/mol. The lowest BCUT2D eigenvalue weighted by atomic mass is 9.96. The molecule has 0 aromatic rings. The number of esters is 7. The number of nitrogens with two attached hydrogens (primary N) is 1. The predicted octanol–water partition coefficient (Wildman–Crippen LogP) is -1.39. The Balaban J connectivity index is 2.59. The van der Waals surface area contributed by atoms with E-state index in [9.17, 15) is 33.6 Å². The van der Waals surface area contributed by atoms with Gasteiger partial charge >= 0.3 is 41.8 Å². The van der Waals surface area contributed by atoms with Gasteiger partial charge in [-0.1, -0.05) is 0 Å². The van der Waals surface area contributed by atoms with Crippen molar-refractivity contribution in [3.05, 3.63) is 0 Å². The number of ether oxygens (including phenoxy) is 13. The first kappa shape index (κ1) is 45.2. The van der Waals surface area contributed by atoms with E-state index < -0.39 is 116 Å². The fourth-order valence-electron chi connectivity index (χ4n) is 5.23. The first-order chi connectivity index (χ1) is 25.0. The molecule has 0 radical (unpaired) electrons. The van der Waals surface area contributed by atoms with E-state index in [1.165, 1.54) is 0 Å². The van der Waals surface area contributed by atoms with Gasteiger partial charge in [-0.05, 0) is 0 Å². The van der Waals surface area contributed by atoms with Crippen LogP contribution in [0.25, 0.3) is 0 Å². The summed E-state index contributed by atoms with van der Waals surface area (Å²) in [6.07, 6.45) is -15.6. The molecular formula is C32H49NO20. The largest absolute Gasteiger partial charge is 0.463 e. The van der Waals surface area contributed by atoms with E-state index in [-0.39, 0.29) is 26.4 Å². The number of rotatable bonds is 20. The Kier molecular flexibility index (Phi) is 19.5. The molecule has 2 heterocycles. The molecule has 0 aromatic heterocycles. The molecule has 0 bridgehead atoms. The molecule has 0 aliphatic carbocycles. The van der Waals surface area contributed by atoms with Gasteiger partial charge in [-0.25, -0.2) is 0 Å². The van der Waals surface area contributed by atoms with Crippen molar-refractivity contribution in [1.82, 2.24) is 0 Å². The van der Waals surface area contributed by atoms with Gasteiger partial charge in [0.15, 0.2) is 43.1 Å². The number of hydrogen-bond acceptors (Lipinski definition) is 21. The molecule has 302 valence electrons. The van der Waals surface area contributed by atoms with Crippen molar-refractivity contribution in [1.29, 1.82) is 0 Å². The highest BCUT2D eigenvalue weighted by Gasteiger charge is 2.57. The Morgan fingerprint density at radius 2 is 0.830 bits per heavy atom. The lowest BCUT2D eigenvalue weighted by molar-refractivity contribution is -0.361. The molecule has 2 aliphatic rings. The van der Waals surface area contributed by atoms with E-state index in [1.807, 2.05) is 0 Å².